The number of hydrogen-bond acceptors (Lipinski definition) is 2. The molecular formula is C10H15N3O. The number of hydrogen-bond donors (Lipinski definition) is 2. The monoisotopic (exact) mass is 193 g/mol. The maximum atomic E-state index is 11.6. The molecule has 4 heteroatoms. The Labute approximate surface area is 83.4 Å². The van der Waals surface area contributed by atoms with Crippen molar-refractivity contribution < 1.29 is 4.79 Å². The normalized spacial score (nSPS) is 11.0. The molecule has 0 aliphatic carbocycles. The maximum Gasteiger partial charge on any atom is 0.287 e. The zero-order valence-corrected chi connectivity index (χ0v) is 8.50. The first-order chi connectivity index (χ1) is 6.55. The SMILES string of the molecule is C=CCC(C)(C)NC(=O)c1ncc[nH]1. The summed E-state index contributed by atoms with van der Waals surface area (Å²) in [7, 11) is 0. The number of carbonyl (C=O) groups is 1. The summed E-state index contributed by atoms with van der Waals surface area (Å²) < 4.78 is 0. The molecule has 76 valence electrons. The first kappa shape index (κ1) is 10.5. The number of nitrogens with zero attached hydrogens (tertiary/aromatic N) is 1. The molecule has 1 heterocycles. The topological polar surface area (TPSA) is 57.8 Å². The van der Waals surface area contributed by atoms with Crippen molar-refractivity contribution in [1.29, 1.82) is 0 Å². The van der Waals surface area contributed by atoms with Crippen molar-refractivity contribution in [1.82, 2.24) is 15.3 Å². The third-order valence-corrected chi connectivity index (χ3v) is 1.82. The summed E-state index contributed by atoms with van der Waals surface area (Å²) in [5.74, 6) is 0.143. The molecule has 0 fully saturated rings. The third-order valence-electron chi connectivity index (χ3n) is 1.82. The quantitative estimate of drug-likeness (QED) is 0.712. The molecule has 0 radical (unpaired) electrons. The van der Waals surface area contributed by atoms with E-state index in [2.05, 4.69) is 21.9 Å². The molecular weight excluding hydrogens is 178 g/mol. The van der Waals surface area contributed by atoms with E-state index in [-0.39, 0.29) is 11.4 Å². The summed E-state index contributed by atoms with van der Waals surface area (Å²) in [6.07, 6.45) is 5.67. The van der Waals surface area contributed by atoms with Gasteiger partial charge in [-0.2, -0.15) is 0 Å². The van der Waals surface area contributed by atoms with Gasteiger partial charge in [-0.1, -0.05) is 6.08 Å². The summed E-state index contributed by atoms with van der Waals surface area (Å²) in [5, 5.41) is 2.86. The molecule has 0 saturated heterocycles. The molecule has 1 aromatic rings. The van der Waals surface area contributed by atoms with Gasteiger partial charge in [-0.3, -0.25) is 4.79 Å². The van der Waals surface area contributed by atoms with Gasteiger partial charge in [0.2, 0.25) is 0 Å². The first-order valence-corrected chi connectivity index (χ1v) is 4.48. The van der Waals surface area contributed by atoms with Crippen molar-refractivity contribution in [2.24, 2.45) is 0 Å². The fraction of sp³-hybridized carbons (Fsp3) is 0.400. The van der Waals surface area contributed by atoms with Crippen LogP contribution in [0.5, 0.6) is 0 Å². The Balaban J connectivity index is 2.61. The van der Waals surface area contributed by atoms with Crippen LogP contribution >= 0.6 is 0 Å². The van der Waals surface area contributed by atoms with Gasteiger partial charge >= 0.3 is 0 Å². The lowest BCUT2D eigenvalue weighted by atomic mass is 10.0. The molecule has 1 amide bonds. The minimum absolute atomic E-state index is 0.193. The van der Waals surface area contributed by atoms with Crippen LogP contribution in [0.15, 0.2) is 25.0 Å². The second kappa shape index (κ2) is 4.09. The summed E-state index contributed by atoms with van der Waals surface area (Å²) in [4.78, 5) is 18.2. The molecule has 0 aromatic carbocycles. The minimum Gasteiger partial charge on any atom is -0.344 e. The molecule has 1 rings (SSSR count). The summed E-state index contributed by atoms with van der Waals surface area (Å²) in [5.41, 5.74) is -0.286. The van der Waals surface area contributed by atoms with Gasteiger partial charge in [0.15, 0.2) is 5.82 Å². The predicted octanol–water partition coefficient (Wildman–Crippen LogP) is 1.49. The molecule has 0 saturated carbocycles. The highest BCUT2D eigenvalue weighted by Gasteiger charge is 2.20. The molecule has 0 unspecified atom stereocenters. The lowest BCUT2D eigenvalue weighted by Crippen LogP contribution is -2.43. The third kappa shape index (κ3) is 2.73. The lowest BCUT2D eigenvalue weighted by Gasteiger charge is -2.23. The van der Waals surface area contributed by atoms with E-state index in [0.717, 1.165) is 6.42 Å². The average Bonchev–Trinajstić information content (AvgIpc) is 2.53. The number of nitrogens with one attached hydrogen (secondary N) is 2. The molecule has 1 aromatic heterocycles. The van der Waals surface area contributed by atoms with E-state index in [0.29, 0.717) is 5.82 Å². The van der Waals surface area contributed by atoms with E-state index in [1.807, 2.05) is 13.8 Å². The Bertz CT molecular complexity index is 314. The fourth-order valence-corrected chi connectivity index (χ4v) is 1.17. The lowest BCUT2D eigenvalue weighted by molar-refractivity contribution is 0.0904. The standard InChI is InChI=1S/C10H15N3O/c1-4-5-10(2,3)13-9(14)8-11-6-7-12-8/h4,6-7H,1,5H2,2-3H3,(H,11,12)(H,13,14). The van der Waals surface area contributed by atoms with Gasteiger partial charge in [-0.25, -0.2) is 4.98 Å². The van der Waals surface area contributed by atoms with Crippen LogP contribution in [-0.2, 0) is 0 Å². The van der Waals surface area contributed by atoms with E-state index in [4.69, 9.17) is 0 Å². The van der Waals surface area contributed by atoms with Gasteiger partial charge < -0.3 is 10.3 Å². The van der Waals surface area contributed by atoms with E-state index in [1.54, 1.807) is 18.5 Å². The number of aromatic nitrogens is 2. The van der Waals surface area contributed by atoms with Gasteiger partial charge in [-0.15, -0.1) is 6.58 Å². The zero-order chi connectivity index (χ0) is 10.6. The highest BCUT2D eigenvalue weighted by molar-refractivity contribution is 5.90. The molecule has 0 aliphatic rings. The predicted molar refractivity (Wildman–Crippen MR) is 54.9 cm³/mol. The number of aromatic amines is 1. The van der Waals surface area contributed by atoms with E-state index >= 15 is 0 Å². The van der Waals surface area contributed by atoms with Crippen molar-refractivity contribution >= 4 is 5.91 Å². The van der Waals surface area contributed by atoms with Crippen molar-refractivity contribution in [2.45, 2.75) is 25.8 Å². The van der Waals surface area contributed by atoms with Gasteiger partial charge in [0.1, 0.15) is 0 Å². The Morgan fingerprint density at radius 2 is 2.50 bits per heavy atom. The Kier molecular flexibility index (Phi) is 3.06. The molecule has 0 bridgehead atoms. The zero-order valence-electron chi connectivity index (χ0n) is 8.50. The second-order valence-corrected chi connectivity index (χ2v) is 3.77. The van der Waals surface area contributed by atoms with Gasteiger partial charge in [-0.05, 0) is 20.3 Å². The van der Waals surface area contributed by atoms with Crippen LogP contribution in [0.25, 0.3) is 0 Å². The van der Waals surface area contributed by atoms with Crippen molar-refractivity contribution in [2.75, 3.05) is 0 Å². The molecule has 14 heavy (non-hydrogen) atoms. The number of carbonyl (C=O) groups excluding carboxylic acids is 1. The Hall–Kier alpha value is -1.58. The number of H-pyrrole nitrogens is 1. The number of rotatable bonds is 4. The highest BCUT2D eigenvalue weighted by Crippen LogP contribution is 2.08. The second-order valence-electron chi connectivity index (χ2n) is 3.77. The fourth-order valence-electron chi connectivity index (χ4n) is 1.17. The van der Waals surface area contributed by atoms with Crippen LogP contribution in [0.1, 0.15) is 30.9 Å². The summed E-state index contributed by atoms with van der Waals surface area (Å²) in [6, 6.07) is 0. The van der Waals surface area contributed by atoms with E-state index in [9.17, 15) is 4.79 Å². The highest BCUT2D eigenvalue weighted by atomic mass is 16.2. The van der Waals surface area contributed by atoms with Crippen molar-refractivity contribution in [3.05, 3.63) is 30.9 Å². The smallest absolute Gasteiger partial charge is 0.287 e. The van der Waals surface area contributed by atoms with Crippen LogP contribution in [-0.4, -0.2) is 21.4 Å². The molecule has 2 N–H and O–H groups in total. The van der Waals surface area contributed by atoms with Gasteiger partial charge in [0.25, 0.3) is 5.91 Å². The Morgan fingerprint density at radius 1 is 1.79 bits per heavy atom. The summed E-state index contributed by atoms with van der Waals surface area (Å²) in [6.45, 7) is 7.52. The Morgan fingerprint density at radius 3 is 3.00 bits per heavy atom. The molecule has 0 aliphatic heterocycles. The molecule has 4 nitrogen and oxygen atoms in total. The minimum atomic E-state index is -0.286. The van der Waals surface area contributed by atoms with Crippen molar-refractivity contribution in [3.63, 3.8) is 0 Å². The number of imidazole rings is 1. The van der Waals surface area contributed by atoms with Crippen LogP contribution in [0.3, 0.4) is 0 Å². The maximum absolute atomic E-state index is 11.6. The van der Waals surface area contributed by atoms with E-state index < -0.39 is 0 Å². The van der Waals surface area contributed by atoms with Gasteiger partial charge in [0.05, 0.1) is 0 Å². The van der Waals surface area contributed by atoms with Crippen molar-refractivity contribution in [3.8, 4) is 0 Å². The van der Waals surface area contributed by atoms with Crippen LogP contribution in [0, 0.1) is 0 Å². The largest absolute Gasteiger partial charge is 0.344 e. The van der Waals surface area contributed by atoms with Crippen LogP contribution in [0.4, 0.5) is 0 Å². The molecule has 0 spiro atoms. The van der Waals surface area contributed by atoms with Gasteiger partial charge in [0, 0.05) is 17.9 Å². The van der Waals surface area contributed by atoms with Crippen LogP contribution in [0.2, 0.25) is 0 Å². The van der Waals surface area contributed by atoms with Crippen LogP contribution < -0.4 is 5.32 Å². The first-order valence-electron chi connectivity index (χ1n) is 4.48. The average molecular weight is 193 g/mol. The molecule has 0 atom stereocenters. The number of amides is 1. The van der Waals surface area contributed by atoms with E-state index in [1.165, 1.54) is 0 Å². The summed E-state index contributed by atoms with van der Waals surface area (Å²) >= 11 is 0.